The highest BCUT2D eigenvalue weighted by Gasteiger charge is 2.19. The van der Waals surface area contributed by atoms with Crippen molar-refractivity contribution in [1.82, 2.24) is 10.2 Å². The number of nitrogens with zero attached hydrogens (tertiary/aromatic N) is 1. The van der Waals surface area contributed by atoms with Crippen LogP contribution < -0.4 is 19.5 Å². The number of nitrogens with one attached hydrogen (secondary N) is 1. The Bertz CT molecular complexity index is 922. The van der Waals surface area contributed by atoms with E-state index in [1.165, 1.54) is 31.3 Å². The van der Waals surface area contributed by atoms with Gasteiger partial charge < -0.3 is 38.8 Å². The molecule has 2 rings (SSSR count). The molecule has 204 valence electrons. The van der Waals surface area contributed by atoms with E-state index >= 15 is 0 Å². The van der Waals surface area contributed by atoms with Gasteiger partial charge in [-0.05, 0) is 36.3 Å². The zero-order valence-electron chi connectivity index (χ0n) is 21.1. The molecule has 2 N–H and O–H groups in total. The van der Waals surface area contributed by atoms with Gasteiger partial charge in [-0.2, -0.15) is 0 Å². The van der Waals surface area contributed by atoms with E-state index in [1.807, 2.05) is 0 Å². The Kier molecular flexibility index (Phi) is 13.6. The highest BCUT2D eigenvalue weighted by molar-refractivity contribution is 6.06. The highest BCUT2D eigenvalue weighted by Crippen LogP contribution is 2.39. The molecule has 12 nitrogen and oxygen atoms in total. The summed E-state index contributed by atoms with van der Waals surface area (Å²) in [6.45, 7) is 2.89. The standard InChI is InChI=1S/C25H34N2O10/c1-32-20-17-19(6-7-23(29)27-9-4-3-5-22(27)28)18-21(33-2)24(20)37-16-15-36-14-13-35-12-11-34-10-8-26-25(30)31/h3,5-7,17-18,26H,4,8-16H2,1-2H3,(H,30,31). The van der Waals surface area contributed by atoms with Gasteiger partial charge >= 0.3 is 6.09 Å². The third-order valence-electron chi connectivity index (χ3n) is 4.95. The molecule has 0 aliphatic carbocycles. The van der Waals surface area contributed by atoms with Crippen LogP contribution in [0.5, 0.6) is 17.2 Å². The van der Waals surface area contributed by atoms with Gasteiger partial charge in [-0.25, -0.2) is 4.79 Å². The molecule has 0 fully saturated rings. The minimum atomic E-state index is -1.08. The summed E-state index contributed by atoms with van der Waals surface area (Å²) in [5.74, 6) is 0.523. The van der Waals surface area contributed by atoms with Gasteiger partial charge in [0.15, 0.2) is 11.5 Å². The van der Waals surface area contributed by atoms with Crippen LogP contribution in [0.15, 0.2) is 30.4 Å². The Morgan fingerprint density at radius 3 is 2.14 bits per heavy atom. The van der Waals surface area contributed by atoms with Gasteiger partial charge in [0.1, 0.15) is 6.61 Å². The first-order valence-corrected chi connectivity index (χ1v) is 11.7. The molecule has 12 heteroatoms. The van der Waals surface area contributed by atoms with Crippen molar-refractivity contribution in [3.63, 3.8) is 0 Å². The van der Waals surface area contributed by atoms with Crippen molar-refractivity contribution < 1.29 is 47.9 Å². The van der Waals surface area contributed by atoms with Crippen molar-refractivity contribution >= 4 is 24.0 Å². The first-order valence-electron chi connectivity index (χ1n) is 11.7. The monoisotopic (exact) mass is 522 g/mol. The van der Waals surface area contributed by atoms with Crippen molar-refractivity contribution in [2.75, 3.05) is 73.6 Å². The van der Waals surface area contributed by atoms with Crippen LogP contribution in [0.25, 0.3) is 6.08 Å². The lowest BCUT2D eigenvalue weighted by atomic mass is 10.1. The number of imide groups is 1. The van der Waals surface area contributed by atoms with Gasteiger partial charge in [-0.3, -0.25) is 14.5 Å². The number of carboxylic acid groups (broad SMARTS) is 1. The quantitative estimate of drug-likeness (QED) is 0.229. The molecule has 1 aliphatic heterocycles. The Labute approximate surface area is 215 Å². The summed E-state index contributed by atoms with van der Waals surface area (Å²) in [6.07, 6.45) is 5.62. The average molecular weight is 523 g/mol. The highest BCUT2D eigenvalue weighted by atomic mass is 16.6. The van der Waals surface area contributed by atoms with Crippen molar-refractivity contribution in [2.45, 2.75) is 6.42 Å². The van der Waals surface area contributed by atoms with Gasteiger partial charge in [0.2, 0.25) is 5.75 Å². The lowest BCUT2D eigenvalue weighted by Gasteiger charge is -2.19. The fraction of sp³-hybridized carbons (Fsp3) is 0.480. The van der Waals surface area contributed by atoms with E-state index < -0.39 is 12.0 Å². The van der Waals surface area contributed by atoms with E-state index in [9.17, 15) is 14.4 Å². The van der Waals surface area contributed by atoms with E-state index in [-0.39, 0.29) is 25.7 Å². The Hall–Kier alpha value is -3.61. The molecule has 0 aromatic heterocycles. The maximum atomic E-state index is 12.4. The molecule has 0 unspecified atom stereocenters. The summed E-state index contributed by atoms with van der Waals surface area (Å²) >= 11 is 0. The predicted molar refractivity (Wildman–Crippen MR) is 133 cm³/mol. The van der Waals surface area contributed by atoms with Crippen LogP contribution in [-0.4, -0.2) is 101 Å². The number of methoxy groups -OCH3 is 2. The van der Waals surface area contributed by atoms with Gasteiger partial charge in [0.25, 0.3) is 11.8 Å². The third kappa shape index (κ3) is 10.9. The lowest BCUT2D eigenvalue weighted by molar-refractivity contribution is -0.139. The van der Waals surface area contributed by atoms with Crippen molar-refractivity contribution in [3.8, 4) is 17.2 Å². The summed E-state index contributed by atoms with van der Waals surface area (Å²) in [4.78, 5) is 35.7. The van der Waals surface area contributed by atoms with Crippen LogP contribution in [-0.2, 0) is 23.8 Å². The van der Waals surface area contributed by atoms with E-state index in [1.54, 1.807) is 24.3 Å². The smallest absolute Gasteiger partial charge is 0.404 e. The van der Waals surface area contributed by atoms with Crippen molar-refractivity contribution in [3.05, 3.63) is 35.9 Å². The van der Waals surface area contributed by atoms with Gasteiger partial charge in [0, 0.05) is 19.2 Å². The maximum Gasteiger partial charge on any atom is 0.404 e. The second-order valence-electron chi connectivity index (χ2n) is 7.52. The van der Waals surface area contributed by atoms with Crippen molar-refractivity contribution in [1.29, 1.82) is 0 Å². The topological polar surface area (TPSA) is 142 Å². The minimum Gasteiger partial charge on any atom is -0.493 e. The molecule has 1 heterocycles. The fourth-order valence-electron chi connectivity index (χ4n) is 3.18. The second kappa shape index (κ2) is 17.0. The molecule has 0 spiro atoms. The molecule has 1 aromatic rings. The molecule has 0 saturated carbocycles. The van der Waals surface area contributed by atoms with Gasteiger partial charge in [0.05, 0.1) is 53.9 Å². The Morgan fingerprint density at radius 1 is 0.973 bits per heavy atom. The van der Waals surface area contributed by atoms with E-state index in [4.69, 9.17) is 33.5 Å². The van der Waals surface area contributed by atoms with E-state index in [0.29, 0.717) is 68.8 Å². The number of rotatable bonds is 17. The molecule has 0 bridgehead atoms. The molecule has 1 aromatic carbocycles. The van der Waals surface area contributed by atoms with Crippen LogP contribution in [0.4, 0.5) is 4.79 Å². The number of carbonyl (C=O) groups excluding carboxylic acids is 2. The molecule has 37 heavy (non-hydrogen) atoms. The average Bonchev–Trinajstić information content (AvgIpc) is 2.89. The number of hydrogen-bond acceptors (Lipinski definition) is 9. The molecule has 3 amide bonds. The summed E-state index contributed by atoms with van der Waals surface area (Å²) < 4.78 is 32.8. The number of ether oxygens (including phenoxy) is 6. The zero-order chi connectivity index (χ0) is 26.9. The van der Waals surface area contributed by atoms with Crippen LogP contribution in [0.1, 0.15) is 12.0 Å². The van der Waals surface area contributed by atoms with E-state index in [0.717, 1.165) is 0 Å². The van der Waals surface area contributed by atoms with Gasteiger partial charge in [-0.15, -0.1) is 0 Å². The van der Waals surface area contributed by atoms with Gasteiger partial charge in [-0.1, -0.05) is 6.08 Å². The SMILES string of the molecule is COc1cc(C=CC(=O)N2CCC=CC2=O)cc(OC)c1OCCOCCOCCOCCNC(=O)O. The van der Waals surface area contributed by atoms with E-state index in [2.05, 4.69) is 5.32 Å². The number of amides is 3. The Balaban J connectivity index is 1.73. The van der Waals surface area contributed by atoms with Crippen molar-refractivity contribution in [2.24, 2.45) is 0 Å². The number of benzene rings is 1. The summed E-state index contributed by atoms with van der Waals surface area (Å²) in [6, 6.07) is 3.40. The first kappa shape index (κ1) is 29.6. The molecule has 0 radical (unpaired) electrons. The largest absolute Gasteiger partial charge is 0.493 e. The lowest BCUT2D eigenvalue weighted by Crippen LogP contribution is -2.37. The number of hydrogen-bond donors (Lipinski definition) is 2. The summed E-state index contributed by atoms with van der Waals surface area (Å²) in [5.41, 5.74) is 0.643. The predicted octanol–water partition coefficient (Wildman–Crippen LogP) is 1.73. The molecule has 0 saturated heterocycles. The minimum absolute atomic E-state index is 0.228. The molecular weight excluding hydrogens is 488 g/mol. The number of carbonyl (C=O) groups is 3. The van der Waals surface area contributed by atoms with Crippen LogP contribution in [0.3, 0.4) is 0 Å². The fourth-order valence-corrected chi connectivity index (χ4v) is 3.18. The second-order valence-corrected chi connectivity index (χ2v) is 7.52. The third-order valence-corrected chi connectivity index (χ3v) is 4.95. The summed E-state index contributed by atoms with van der Waals surface area (Å²) in [5, 5.41) is 10.6. The molecule has 0 atom stereocenters. The maximum absolute atomic E-state index is 12.4. The normalized spacial score (nSPS) is 13.1. The van der Waals surface area contributed by atoms with Crippen LogP contribution in [0.2, 0.25) is 0 Å². The summed E-state index contributed by atoms with van der Waals surface area (Å²) in [7, 11) is 3.00. The molecular formula is C25H34N2O10. The van der Waals surface area contributed by atoms with Crippen LogP contribution >= 0.6 is 0 Å². The Morgan fingerprint density at radius 2 is 1.57 bits per heavy atom. The first-order chi connectivity index (χ1) is 18.0. The zero-order valence-corrected chi connectivity index (χ0v) is 21.1. The molecule has 1 aliphatic rings. The van der Waals surface area contributed by atoms with Crippen LogP contribution in [0, 0.1) is 0 Å².